The van der Waals surface area contributed by atoms with E-state index in [1.165, 1.54) is 6.42 Å². The summed E-state index contributed by atoms with van der Waals surface area (Å²) in [6.07, 6.45) is 4.30. The van der Waals surface area contributed by atoms with E-state index in [1.807, 2.05) is 12.3 Å². The van der Waals surface area contributed by atoms with Crippen molar-refractivity contribution in [3.05, 3.63) is 24.0 Å². The third-order valence-electron chi connectivity index (χ3n) is 2.77. The standard InChI is InChI=1S/C10H17N3/c11-9(10-2-1-4-13-10)6-8-3-5-12-7-8/h1-2,4,8-9,12-13H,3,5-7,11H2. The Balaban J connectivity index is 1.87. The molecule has 1 aliphatic rings. The first-order chi connectivity index (χ1) is 6.36. The molecule has 2 heterocycles. The van der Waals surface area contributed by atoms with E-state index in [1.54, 1.807) is 0 Å². The lowest BCUT2D eigenvalue weighted by atomic mass is 9.98. The molecule has 1 aromatic heterocycles. The van der Waals surface area contributed by atoms with Gasteiger partial charge in [-0.3, -0.25) is 0 Å². The normalized spacial score (nSPS) is 24.8. The largest absolute Gasteiger partial charge is 0.364 e. The molecule has 72 valence electrons. The van der Waals surface area contributed by atoms with E-state index in [2.05, 4.69) is 16.4 Å². The maximum atomic E-state index is 6.06. The lowest BCUT2D eigenvalue weighted by Gasteiger charge is -2.14. The first-order valence-electron chi connectivity index (χ1n) is 4.96. The van der Waals surface area contributed by atoms with Crippen LogP contribution in [0.4, 0.5) is 0 Å². The van der Waals surface area contributed by atoms with Crippen molar-refractivity contribution in [3.8, 4) is 0 Å². The van der Waals surface area contributed by atoms with Gasteiger partial charge in [-0.15, -0.1) is 0 Å². The topological polar surface area (TPSA) is 53.8 Å². The summed E-state index contributed by atoms with van der Waals surface area (Å²) in [4.78, 5) is 3.17. The summed E-state index contributed by atoms with van der Waals surface area (Å²) in [6, 6.07) is 4.25. The average molecular weight is 179 g/mol. The van der Waals surface area contributed by atoms with Crippen molar-refractivity contribution >= 4 is 0 Å². The maximum Gasteiger partial charge on any atom is 0.0450 e. The molecule has 0 saturated carbocycles. The van der Waals surface area contributed by atoms with Crippen LogP contribution in [-0.4, -0.2) is 18.1 Å². The zero-order chi connectivity index (χ0) is 9.10. The molecule has 3 heteroatoms. The van der Waals surface area contributed by atoms with E-state index in [-0.39, 0.29) is 6.04 Å². The number of nitrogens with one attached hydrogen (secondary N) is 2. The van der Waals surface area contributed by atoms with E-state index >= 15 is 0 Å². The van der Waals surface area contributed by atoms with Crippen LogP contribution in [0.1, 0.15) is 24.6 Å². The molecule has 1 aliphatic heterocycles. The van der Waals surface area contributed by atoms with Crippen LogP contribution in [-0.2, 0) is 0 Å². The smallest absolute Gasteiger partial charge is 0.0450 e. The molecule has 2 atom stereocenters. The lowest BCUT2D eigenvalue weighted by molar-refractivity contribution is 0.468. The second-order valence-electron chi connectivity index (χ2n) is 3.83. The number of hydrogen-bond acceptors (Lipinski definition) is 2. The van der Waals surface area contributed by atoms with Gasteiger partial charge in [0.1, 0.15) is 0 Å². The third kappa shape index (κ3) is 2.11. The van der Waals surface area contributed by atoms with Crippen molar-refractivity contribution in [2.45, 2.75) is 18.9 Å². The Morgan fingerprint density at radius 2 is 2.54 bits per heavy atom. The number of aromatic amines is 1. The molecule has 0 radical (unpaired) electrons. The Bertz CT molecular complexity index is 237. The van der Waals surface area contributed by atoms with Gasteiger partial charge in [0.05, 0.1) is 0 Å². The van der Waals surface area contributed by atoms with Crippen LogP contribution < -0.4 is 11.1 Å². The molecule has 0 amide bonds. The second kappa shape index (κ2) is 3.94. The third-order valence-corrected chi connectivity index (χ3v) is 2.77. The fourth-order valence-corrected chi connectivity index (χ4v) is 1.98. The van der Waals surface area contributed by atoms with Gasteiger partial charge in [0.2, 0.25) is 0 Å². The van der Waals surface area contributed by atoms with Crippen molar-refractivity contribution in [2.75, 3.05) is 13.1 Å². The Kier molecular flexibility index (Phi) is 2.66. The van der Waals surface area contributed by atoms with Crippen LogP contribution >= 0.6 is 0 Å². The summed E-state index contributed by atoms with van der Waals surface area (Å²) in [6.45, 7) is 2.29. The maximum absolute atomic E-state index is 6.06. The van der Waals surface area contributed by atoms with Gasteiger partial charge in [0.25, 0.3) is 0 Å². The SMILES string of the molecule is NC(CC1CCNC1)c1ccc[nH]1. The number of rotatable bonds is 3. The molecule has 4 N–H and O–H groups in total. The first kappa shape index (κ1) is 8.78. The molecule has 1 fully saturated rings. The minimum Gasteiger partial charge on any atom is -0.364 e. The van der Waals surface area contributed by atoms with E-state index in [9.17, 15) is 0 Å². The molecule has 1 aromatic rings. The fraction of sp³-hybridized carbons (Fsp3) is 0.600. The van der Waals surface area contributed by atoms with Gasteiger partial charge in [-0.2, -0.15) is 0 Å². The molecule has 2 rings (SSSR count). The average Bonchev–Trinajstić information content (AvgIpc) is 2.74. The molecule has 2 unspecified atom stereocenters. The van der Waals surface area contributed by atoms with Crippen molar-refractivity contribution in [1.82, 2.24) is 10.3 Å². The van der Waals surface area contributed by atoms with Crippen LogP contribution in [0, 0.1) is 5.92 Å². The minimum atomic E-state index is 0.180. The highest BCUT2D eigenvalue weighted by Crippen LogP contribution is 2.21. The molecular formula is C10H17N3. The van der Waals surface area contributed by atoms with Gasteiger partial charge in [-0.25, -0.2) is 0 Å². The van der Waals surface area contributed by atoms with Gasteiger partial charge < -0.3 is 16.0 Å². The monoisotopic (exact) mass is 179 g/mol. The van der Waals surface area contributed by atoms with Crippen LogP contribution in [0.5, 0.6) is 0 Å². The van der Waals surface area contributed by atoms with Gasteiger partial charge in [-0.05, 0) is 44.0 Å². The van der Waals surface area contributed by atoms with Gasteiger partial charge >= 0.3 is 0 Å². The van der Waals surface area contributed by atoms with Crippen LogP contribution in [0.25, 0.3) is 0 Å². The Hall–Kier alpha value is -0.800. The van der Waals surface area contributed by atoms with Crippen LogP contribution in [0.15, 0.2) is 18.3 Å². The molecular weight excluding hydrogens is 162 g/mol. The predicted molar refractivity (Wildman–Crippen MR) is 53.3 cm³/mol. The summed E-state index contributed by atoms with van der Waals surface area (Å²) in [5.41, 5.74) is 7.22. The number of H-pyrrole nitrogens is 1. The first-order valence-corrected chi connectivity index (χ1v) is 4.96. The Morgan fingerprint density at radius 1 is 1.62 bits per heavy atom. The van der Waals surface area contributed by atoms with Crippen molar-refractivity contribution in [1.29, 1.82) is 0 Å². The van der Waals surface area contributed by atoms with E-state index < -0.39 is 0 Å². The Morgan fingerprint density at radius 3 is 3.15 bits per heavy atom. The molecule has 1 saturated heterocycles. The number of aromatic nitrogens is 1. The van der Waals surface area contributed by atoms with Gasteiger partial charge in [-0.1, -0.05) is 0 Å². The summed E-state index contributed by atoms with van der Waals surface area (Å²) in [5.74, 6) is 0.762. The fourth-order valence-electron chi connectivity index (χ4n) is 1.98. The highest BCUT2D eigenvalue weighted by molar-refractivity contribution is 5.08. The second-order valence-corrected chi connectivity index (χ2v) is 3.83. The van der Waals surface area contributed by atoms with Gasteiger partial charge in [0, 0.05) is 17.9 Å². The highest BCUT2D eigenvalue weighted by atomic mass is 14.9. The molecule has 0 bridgehead atoms. The molecule has 3 nitrogen and oxygen atoms in total. The minimum absolute atomic E-state index is 0.180. The van der Waals surface area contributed by atoms with Gasteiger partial charge in [0.15, 0.2) is 0 Å². The number of hydrogen-bond donors (Lipinski definition) is 3. The zero-order valence-electron chi connectivity index (χ0n) is 7.79. The number of nitrogens with two attached hydrogens (primary N) is 1. The summed E-state index contributed by atoms with van der Waals surface area (Å²) < 4.78 is 0. The van der Waals surface area contributed by atoms with E-state index in [4.69, 9.17) is 5.73 Å². The van der Waals surface area contributed by atoms with Crippen molar-refractivity contribution < 1.29 is 0 Å². The van der Waals surface area contributed by atoms with Crippen LogP contribution in [0.3, 0.4) is 0 Å². The van der Waals surface area contributed by atoms with E-state index in [0.717, 1.165) is 31.1 Å². The van der Waals surface area contributed by atoms with E-state index in [0.29, 0.717) is 0 Å². The molecule has 0 spiro atoms. The van der Waals surface area contributed by atoms with Crippen molar-refractivity contribution in [2.24, 2.45) is 11.7 Å². The molecule has 0 aliphatic carbocycles. The lowest BCUT2D eigenvalue weighted by Crippen LogP contribution is -2.17. The summed E-state index contributed by atoms with van der Waals surface area (Å²) in [5, 5.41) is 3.36. The Labute approximate surface area is 78.7 Å². The predicted octanol–water partition coefficient (Wildman–Crippen LogP) is 1.01. The summed E-state index contributed by atoms with van der Waals surface area (Å²) >= 11 is 0. The molecule has 13 heavy (non-hydrogen) atoms. The molecule has 0 aromatic carbocycles. The zero-order valence-corrected chi connectivity index (χ0v) is 7.79. The van der Waals surface area contributed by atoms with Crippen LogP contribution in [0.2, 0.25) is 0 Å². The quantitative estimate of drug-likeness (QED) is 0.648. The highest BCUT2D eigenvalue weighted by Gasteiger charge is 2.18. The van der Waals surface area contributed by atoms with Crippen molar-refractivity contribution in [3.63, 3.8) is 0 Å². The summed E-state index contributed by atoms with van der Waals surface area (Å²) in [7, 11) is 0.